The average molecular weight is 502 g/mol. The predicted octanol–water partition coefficient (Wildman–Crippen LogP) is 3.27. The minimum atomic E-state index is 0. The molecule has 0 heterocycles. The van der Waals surface area contributed by atoms with Gasteiger partial charge in [-0.3, -0.25) is 9.79 Å². The minimum absolute atomic E-state index is 0. The molecule has 1 saturated carbocycles. The summed E-state index contributed by atoms with van der Waals surface area (Å²) >= 11 is 0. The Morgan fingerprint density at radius 1 is 1.18 bits per heavy atom. The molecule has 1 aliphatic rings. The van der Waals surface area contributed by atoms with Gasteiger partial charge < -0.3 is 20.3 Å². The summed E-state index contributed by atoms with van der Waals surface area (Å²) < 4.78 is 5.31. The first-order valence-corrected chi connectivity index (χ1v) is 9.74. The Labute approximate surface area is 186 Å². The number of amides is 1. The largest absolute Gasteiger partial charge is 0.385 e. The van der Waals surface area contributed by atoms with Crippen molar-refractivity contribution in [3.05, 3.63) is 35.4 Å². The van der Waals surface area contributed by atoms with Crippen LogP contribution in [0.15, 0.2) is 29.3 Å². The fraction of sp³-hybridized carbons (Fsp3) is 0.619. The van der Waals surface area contributed by atoms with E-state index < -0.39 is 0 Å². The molecule has 2 N–H and O–H groups in total. The molecule has 1 fully saturated rings. The lowest BCUT2D eigenvalue weighted by Crippen LogP contribution is -2.43. The number of halogens is 1. The van der Waals surface area contributed by atoms with Crippen LogP contribution in [0, 0.1) is 5.41 Å². The van der Waals surface area contributed by atoms with Crippen molar-refractivity contribution in [1.29, 1.82) is 0 Å². The lowest BCUT2D eigenvalue weighted by Gasteiger charge is -2.30. The molecular formula is C21H35IN4O2. The quantitative estimate of drug-likeness (QED) is 0.326. The number of ether oxygens (including phenoxy) is 1. The van der Waals surface area contributed by atoms with Gasteiger partial charge in [0.05, 0.1) is 0 Å². The summed E-state index contributed by atoms with van der Waals surface area (Å²) in [6.07, 6.45) is 6.20. The summed E-state index contributed by atoms with van der Waals surface area (Å²) in [5.41, 5.74) is 2.14. The van der Waals surface area contributed by atoms with Gasteiger partial charge in [0.2, 0.25) is 0 Å². The number of hydrogen-bond acceptors (Lipinski definition) is 3. The third kappa shape index (κ3) is 7.24. The fourth-order valence-corrected chi connectivity index (χ4v) is 3.66. The first-order chi connectivity index (χ1) is 13.0. The molecule has 0 aromatic heterocycles. The van der Waals surface area contributed by atoms with Crippen molar-refractivity contribution in [1.82, 2.24) is 15.5 Å². The Balaban J connectivity index is 0.00000392. The highest BCUT2D eigenvalue weighted by Gasteiger charge is 2.33. The molecular weight excluding hydrogens is 467 g/mol. The Hall–Kier alpha value is -1.35. The average Bonchev–Trinajstić information content (AvgIpc) is 3.15. The number of aliphatic imine (C=N–C) groups is 1. The summed E-state index contributed by atoms with van der Waals surface area (Å²) in [5, 5.41) is 6.87. The first-order valence-electron chi connectivity index (χ1n) is 9.74. The van der Waals surface area contributed by atoms with Crippen LogP contribution in [0.3, 0.4) is 0 Å². The monoisotopic (exact) mass is 502 g/mol. The van der Waals surface area contributed by atoms with Crippen molar-refractivity contribution in [2.45, 2.75) is 38.6 Å². The summed E-state index contributed by atoms with van der Waals surface area (Å²) in [4.78, 5) is 17.9. The lowest BCUT2D eigenvalue weighted by atomic mass is 9.83. The normalized spacial score (nSPS) is 15.6. The number of benzene rings is 1. The van der Waals surface area contributed by atoms with Crippen LogP contribution in [-0.4, -0.2) is 58.2 Å². The van der Waals surface area contributed by atoms with Crippen molar-refractivity contribution in [3.8, 4) is 0 Å². The minimum Gasteiger partial charge on any atom is -0.385 e. The van der Waals surface area contributed by atoms with Crippen molar-refractivity contribution in [2.75, 3.05) is 41.4 Å². The third-order valence-corrected chi connectivity index (χ3v) is 5.42. The Bertz CT molecular complexity index is 626. The molecule has 7 heteroatoms. The van der Waals surface area contributed by atoms with E-state index in [-0.39, 0.29) is 29.9 Å². The molecule has 2 rings (SSSR count). The van der Waals surface area contributed by atoms with Crippen molar-refractivity contribution in [3.63, 3.8) is 0 Å². The molecule has 0 saturated heterocycles. The summed E-state index contributed by atoms with van der Waals surface area (Å²) in [7, 11) is 7.09. The van der Waals surface area contributed by atoms with E-state index in [0.717, 1.165) is 31.1 Å². The molecule has 1 aromatic carbocycles. The van der Waals surface area contributed by atoms with E-state index in [4.69, 9.17) is 4.74 Å². The van der Waals surface area contributed by atoms with Crippen molar-refractivity contribution in [2.24, 2.45) is 10.4 Å². The molecule has 0 unspecified atom stereocenters. The summed E-state index contributed by atoms with van der Waals surface area (Å²) in [6.45, 7) is 2.40. The molecule has 6 nitrogen and oxygen atoms in total. The Morgan fingerprint density at radius 2 is 1.82 bits per heavy atom. The number of guanidine groups is 1. The fourth-order valence-electron chi connectivity index (χ4n) is 3.66. The van der Waals surface area contributed by atoms with E-state index in [0.29, 0.717) is 17.5 Å². The topological polar surface area (TPSA) is 66.0 Å². The number of nitrogens with zero attached hydrogens (tertiary/aromatic N) is 2. The van der Waals surface area contributed by atoms with Gasteiger partial charge in [-0.15, -0.1) is 24.0 Å². The van der Waals surface area contributed by atoms with Gasteiger partial charge in [-0.1, -0.05) is 25.0 Å². The zero-order valence-electron chi connectivity index (χ0n) is 17.6. The number of hydrogen-bond donors (Lipinski definition) is 2. The maximum absolute atomic E-state index is 12.0. The van der Waals surface area contributed by atoms with E-state index in [2.05, 4.69) is 15.6 Å². The van der Waals surface area contributed by atoms with E-state index in [1.165, 1.54) is 25.7 Å². The van der Waals surface area contributed by atoms with Crippen molar-refractivity contribution < 1.29 is 9.53 Å². The molecule has 0 spiro atoms. The standard InChI is InChI=1S/C21H34N4O2.HI/c1-22-20(24-16-21(13-14-27-4)11-5-6-12-21)23-15-17-7-9-18(10-8-17)19(26)25(2)3;/h7-10H,5-6,11-16H2,1-4H3,(H2,22,23,24);1H. The van der Waals surface area contributed by atoms with E-state index in [9.17, 15) is 4.79 Å². The third-order valence-electron chi connectivity index (χ3n) is 5.42. The number of carbonyl (C=O) groups excluding carboxylic acids is 1. The van der Waals surface area contributed by atoms with Gasteiger partial charge in [0, 0.05) is 53.5 Å². The van der Waals surface area contributed by atoms with Crippen LogP contribution in [0.4, 0.5) is 0 Å². The second kappa shape index (κ2) is 12.3. The molecule has 0 atom stereocenters. The molecule has 1 aromatic rings. The number of methoxy groups -OCH3 is 1. The molecule has 0 radical (unpaired) electrons. The van der Waals surface area contributed by atoms with Crippen molar-refractivity contribution >= 4 is 35.8 Å². The van der Waals surface area contributed by atoms with E-state index >= 15 is 0 Å². The van der Waals surface area contributed by atoms with E-state index in [1.54, 1.807) is 33.2 Å². The molecule has 0 aliphatic heterocycles. The van der Waals surface area contributed by atoms with Crippen LogP contribution in [0.5, 0.6) is 0 Å². The Kier molecular flexibility index (Phi) is 10.8. The molecule has 158 valence electrons. The summed E-state index contributed by atoms with van der Waals surface area (Å²) in [5.74, 6) is 0.831. The second-order valence-corrected chi connectivity index (χ2v) is 7.63. The van der Waals surface area contributed by atoms with Gasteiger partial charge in [0.15, 0.2) is 5.96 Å². The number of nitrogens with one attached hydrogen (secondary N) is 2. The zero-order valence-corrected chi connectivity index (χ0v) is 19.9. The molecule has 28 heavy (non-hydrogen) atoms. The lowest BCUT2D eigenvalue weighted by molar-refractivity contribution is 0.0827. The highest BCUT2D eigenvalue weighted by molar-refractivity contribution is 14.0. The highest BCUT2D eigenvalue weighted by Crippen LogP contribution is 2.40. The van der Waals surface area contributed by atoms with Gasteiger partial charge in [0.1, 0.15) is 0 Å². The second-order valence-electron chi connectivity index (χ2n) is 7.63. The number of carbonyl (C=O) groups is 1. The van der Waals surface area contributed by atoms with Gasteiger partial charge in [0.25, 0.3) is 5.91 Å². The van der Waals surface area contributed by atoms with E-state index in [1.807, 2.05) is 24.3 Å². The summed E-state index contributed by atoms with van der Waals surface area (Å²) in [6, 6.07) is 7.70. The van der Waals surface area contributed by atoms with Gasteiger partial charge in [-0.2, -0.15) is 0 Å². The molecule has 1 amide bonds. The smallest absolute Gasteiger partial charge is 0.253 e. The Morgan fingerprint density at radius 3 is 2.36 bits per heavy atom. The van der Waals surface area contributed by atoms with Gasteiger partial charge >= 0.3 is 0 Å². The maximum atomic E-state index is 12.0. The van der Waals surface area contributed by atoms with Crippen LogP contribution in [-0.2, 0) is 11.3 Å². The van der Waals surface area contributed by atoms with Crippen LogP contribution >= 0.6 is 24.0 Å². The molecule has 1 aliphatic carbocycles. The van der Waals surface area contributed by atoms with Gasteiger partial charge in [-0.05, 0) is 42.4 Å². The van der Waals surface area contributed by atoms with Gasteiger partial charge in [-0.25, -0.2) is 0 Å². The zero-order chi connectivity index (χ0) is 19.7. The SMILES string of the molecule is CN=C(NCc1ccc(C(=O)N(C)C)cc1)NCC1(CCOC)CCCC1.I. The van der Waals surface area contributed by atoms with Crippen LogP contribution < -0.4 is 10.6 Å². The van der Waals surface area contributed by atoms with Crippen LogP contribution in [0.2, 0.25) is 0 Å². The first kappa shape index (κ1) is 24.7. The highest BCUT2D eigenvalue weighted by atomic mass is 127. The maximum Gasteiger partial charge on any atom is 0.253 e. The van der Waals surface area contributed by atoms with Crippen LogP contribution in [0.1, 0.15) is 48.0 Å². The predicted molar refractivity (Wildman–Crippen MR) is 125 cm³/mol. The number of rotatable bonds is 8. The van der Waals surface area contributed by atoms with Crippen LogP contribution in [0.25, 0.3) is 0 Å². The molecule has 0 bridgehead atoms.